The first-order valence-corrected chi connectivity index (χ1v) is 7.51. The van der Waals surface area contributed by atoms with E-state index in [1.165, 1.54) is 31.2 Å². The molecule has 2 rings (SSSR count). The van der Waals surface area contributed by atoms with E-state index in [0.717, 1.165) is 11.3 Å². The normalized spacial score (nSPS) is 19.0. The Morgan fingerprint density at radius 3 is 2.55 bits per heavy atom. The van der Waals surface area contributed by atoms with Crippen molar-refractivity contribution in [1.82, 2.24) is 0 Å². The van der Waals surface area contributed by atoms with Crippen LogP contribution < -0.4 is 10.5 Å². The third-order valence-electron chi connectivity index (χ3n) is 4.34. The minimum Gasteiger partial charge on any atom is -0.496 e. The van der Waals surface area contributed by atoms with E-state index in [1.54, 1.807) is 7.11 Å². The molecule has 0 radical (unpaired) electrons. The van der Waals surface area contributed by atoms with Gasteiger partial charge in [-0.15, -0.1) is 0 Å². The van der Waals surface area contributed by atoms with Gasteiger partial charge in [0.25, 0.3) is 0 Å². The Morgan fingerprint density at radius 2 is 1.95 bits per heavy atom. The van der Waals surface area contributed by atoms with Crippen molar-refractivity contribution in [3.8, 4) is 5.75 Å². The highest BCUT2D eigenvalue weighted by Crippen LogP contribution is 2.36. The van der Waals surface area contributed by atoms with Crippen LogP contribution in [0.15, 0.2) is 18.2 Å². The molecular formula is C17H27NO2. The van der Waals surface area contributed by atoms with Crippen LogP contribution in [-0.4, -0.2) is 13.2 Å². The zero-order valence-electron chi connectivity index (χ0n) is 12.9. The summed E-state index contributed by atoms with van der Waals surface area (Å²) in [7, 11) is 1.68. The summed E-state index contributed by atoms with van der Waals surface area (Å²) in [4.78, 5) is 0. The monoisotopic (exact) mass is 277 g/mol. The fourth-order valence-electron chi connectivity index (χ4n) is 2.83. The van der Waals surface area contributed by atoms with Gasteiger partial charge in [-0.1, -0.05) is 19.9 Å². The van der Waals surface area contributed by atoms with Gasteiger partial charge < -0.3 is 15.2 Å². The Bertz CT molecular complexity index is 433. The zero-order valence-corrected chi connectivity index (χ0v) is 12.9. The molecule has 2 N–H and O–H groups in total. The maximum Gasteiger partial charge on any atom is 0.123 e. The standard InChI is InChI=1S/C17H27NO2/c1-17(2)8-6-15(7-9-17)20-12-13-4-5-16(19-3)14(10-13)11-18/h4-5,10,15H,6-9,11-12,18H2,1-3H3. The Hall–Kier alpha value is -1.06. The molecule has 1 aromatic rings. The molecule has 1 saturated carbocycles. The quantitative estimate of drug-likeness (QED) is 0.893. The van der Waals surface area contributed by atoms with Crippen molar-refractivity contribution in [3.05, 3.63) is 29.3 Å². The second-order valence-electron chi connectivity index (χ2n) is 6.52. The first-order chi connectivity index (χ1) is 9.54. The molecule has 0 saturated heterocycles. The molecule has 0 spiro atoms. The first kappa shape index (κ1) is 15.3. The third-order valence-corrected chi connectivity index (χ3v) is 4.34. The lowest BCUT2D eigenvalue weighted by molar-refractivity contribution is -0.00561. The Kier molecular flexibility index (Phi) is 5.06. The van der Waals surface area contributed by atoms with E-state index < -0.39 is 0 Å². The summed E-state index contributed by atoms with van der Waals surface area (Å²) >= 11 is 0. The van der Waals surface area contributed by atoms with Gasteiger partial charge in [-0.05, 0) is 48.8 Å². The highest BCUT2D eigenvalue weighted by Gasteiger charge is 2.27. The van der Waals surface area contributed by atoms with Gasteiger partial charge in [0.15, 0.2) is 0 Å². The SMILES string of the molecule is COc1ccc(COC2CCC(C)(C)CC2)cc1CN. The van der Waals surface area contributed by atoms with Crippen LogP contribution in [0.25, 0.3) is 0 Å². The van der Waals surface area contributed by atoms with Gasteiger partial charge in [0.2, 0.25) is 0 Å². The highest BCUT2D eigenvalue weighted by molar-refractivity contribution is 5.36. The van der Waals surface area contributed by atoms with E-state index in [-0.39, 0.29) is 0 Å². The van der Waals surface area contributed by atoms with Crippen molar-refractivity contribution in [2.75, 3.05) is 7.11 Å². The predicted octanol–water partition coefficient (Wildman–Crippen LogP) is 3.64. The maximum atomic E-state index is 6.05. The molecule has 3 nitrogen and oxygen atoms in total. The number of hydrogen-bond acceptors (Lipinski definition) is 3. The van der Waals surface area contributed by atoms with Crippen molar-refractivity contribution in [1.29, 1.82) is 0 Å². The van der Waals surface area contributed by atoms with Crippen molar-refractivity contribution in [3.63, 3.8) is 0 Å². The number of rotatable bonds is 5. The number of nitrogens with two attached hydrogens (primary N) is 1. The zero-order chi connectivity index (χ0) is 14.6. The lowest BCUT2D eigenvalue weighted by atomic mass is 9.76. The molecule has 0 unspecified atom stereocenters. The molecule has 0 heterocycles. The molecule has 3 heteroatoms. The molecule has 0 bridgehead atoms. The Morgan fingerprint density at radius 1 is 1.25 bits per heavy atom. The highest BCUT2D eigenvalue weighted by atomic mass is 16.5. The fraction of sp³-hybridized carbons (Fsp3) is 0.647. The van der Waals surface area contributed by atoms with Crippen LogP contribution in [0, 0.1) is 5.41 Å². The van der Waals surface area contributed by atoms with Crippen molar-refractivity contribution < 1.29 is 9.47 Å². The number of benzene rings is 1. The Balaban J connectivity index is 1.88. The summed E-state index contributed by atoms with van der Waals surface area (Å²) in [6.45, 7) is 5.86. The molecule has 1 aliphatic carbocycles. The Labute approximate surface area is 122 Å². The van der Waals surface area contributed by atoms with Crippen molar-refractivity contribution in [2.24, 2.45) is 11.1 Å². The minimum absolute atomic E-state index is 0.409. The predicted molar refractivity (Wildman–Crippen MR) is 81.7 cm³/mol. The topological polar surface area (TPSA) is 44.5 Å². The summed E-state index contributed by atoms with van der Waals surface area (Å²) in [6.07, 6.45) is 5.27. The van der Waals surface area contributed by atoms with E-state index in [2.05, 4.69) is 26.0 Å². The third kappa shape index (κ3) is 3.97. The fourth-order valence-corrected chi connectivity index (χ4v) is 2.83. The van der Waals surface area contributed by atoms with Gasteiger partial charge in [-0.2, -0.15) is 0 Å². The lowest BCUT2D eigenvalue weighted by Crippen LogP contribution is -2.26. The molecule has 1 aliphatic rings. The second-order valence-corrected chi connectivity index (χ2v) is 6.52. The summed E-state index contributed by atoms with van der Waals surface area (Å²) in [6, 6.07) is 6.13. The number of methoxy groups -OCH3 is 1. The summed E-state index contributed by atoms with van der Waals surface area (Å²) in [5, 5.41) is 0. The lowest BCUT2D eigenvalue weighted by Gasteiger charge is -2.34. The molecule has 1 fully saturated rings. The van der Waals surface area contributed by atoms with Gasteiger partial charge in [-0.25, -0.2) is 0 Å². The molecule has 112 valence electrons. The molecule has 0 atom stereocenters. The summed E-state index contributed by atoms with van der Waals surface area (Å²) in [5.41, 5.74) is 8.45. The molecule has 20 heavy (non-hydrogen) atoms. The average molecular weight is 277 g/mol. The molecular weight excluding hydrogens is 250 g/mol. The van der Waals surface area contributed by atoms with E-state index in [1.807, 2.05) is 6.07 Å². The minimum atomic E-state index is 0.409. The van der Waals surface area contributed by atoms with Crippen LogP contribution in [0.5, 0.6) is 5.75 Å². The molecule has 0 aliphatic heterocycles. The van der Waals surface area contributed by atoms with E-state index >= 15 is 0 Å². The maximum absolute atomic E-state index is 6.05. The van der Waals surface area contributed by atoms with Crippen LogP contribution in [0.4, 0.5) is 0 Å². The largest absolute Gasteiger partial charge is 0.496 e. The van der Waals surface area contributed by atoms with Gasteiger partial charge >= 0.3 is 0 Å². The van der Waals surface area contributed by atoms with E-state index in [9.17, 15) is 0 Å². The van der Waals surface area contributed by atoms with Crippen LogP contribution in [0.1, 0.15) is 50.7 Å². The van der Waals surface area contributed by atoms with Crippen LogP contribution >= 0.6 is 0 Å². The van der Waals surface area contributed by atoms with E-state index in [0.29, 0.717) is 24.7 Å². The van der Waals surface area contributed by atoms with Gasteiger partial charge in [0.05, 0.1) is 19.8 Å². The number of hydrogen-bond donors (Lipinski definition) is 1. The average Bonchev–Trinajstić information content (AvgIpc) is 2.45. The number of ether oxygens (including phenoxy) is 2. The molecule has 0 aromatic heterocycles. The summed E-state index contributed by atoms with van der Waals surface area (Å²) in [5.74, 6) is 0.857. The summed E-state index contributed by atoms with van der Waals surface area (Å²) < 4.78 is 11.3. The van der Waals surface area contributed by atoms with Crippen molar-refractivity contribution >= 4 is 0 Å². The smallest absolute Gasteiger partial charge is 0.123 e. The second kappa shape index (κ2) is 6.59. The van der Waals surface area contributed by atoms with Gasteiger partial charge in [0.1, 0.15) is 5.75 Å². The molecule has 0 amide bonds. The van der Waals surface area contributed by atoms with Crippen LogP contribution in [-0.2, 0) is 17.9 Å². The van der Waals surface area contributed by atoms with Crippen molar-refractivity contribution in [2.45, 2.75) is 58.8 Å². The molecule has 1 aromatic carbocycles. The van der Waals surface area contributed by atoms with Crippen LogP contribution in [0.2, 0.25) is 0 Å². The van der Waals surface area contributed by atoms with Gasteiger partial charge in [0, 0.05) is 12.1 Å². The van der Waals surface area contributed by atoms with Crippen LogP contribution in [0.3, 0.4) is 0 Å². The van der Waals surface area contributed by atoms with E-state index in [4.69, 9.17) is 15.2 Å². The first-order valence-electron chi connectivity index (χ1n) is 7.51. The van der Waals surface area contributed by atoms with Gasteiger partial charge in [-0.3, -0.25) is 0 Å².